The Morgan fingerprint density at radius 2 is 1.80 bits per heavy atom. The zero-order chi connectivity index (χ0) is 14.2. The predicted octanol–water partition coefficient (Wildman–Crippen LogP) is 4.89. The van der Waals surface area contributed by atoms with Gasteiger partial charge < -0.3 is 0 Å². The third-order valence-corrected chi connectivity index (χ3v) is 3.61. The molecule has 0 atom stereocenters. The fourth-order valence-corrected chi connectivity index (χ4v) is 2.43. The zero-order valence-corrected chi connectivity index (χ0v) is 12.1. The molecular formula is C19H22O. The molecule has 0 aliphatic heterocycles. The lowest BCUT2D eigenvalue weighted by atomic mass is 10.00. The van der Waals surface area contributed by atoms with Crippen molar-refractivity contribution in [1.29, 1.82) is 0 Å². The number of carbonyl (C=O) groups excluding carboxylic acids is 1. The van der Waals surface area contributed by atoms with E-state index >= 15 is 0 Å². The number of carbonyl (C=O) groups is 1. The number of rotatable bonds is 0. The summed E-state index contributed by atoms with van der Waals surface area (Å²) < 4.78 is 0. The average molecular weight is 266 g/mol. The van der Waals surface area contributed by atoms with Gasteiger partial charge in [0.15, 0.2) is 5.78 Å². The van der Waals surface area contributed by atoms with E-state index in [0.29, 0.717) is 0 Å². The van der Waals surface area contributed by atoms with Crippen LogP contribution in [0, 0.1) is 0 Å². The van der Waals surface area contributed by atoms with E-state index in [1.807, 2.05) is 18.2 Å². The second kappa shape index (κ2) is 7.64. The lowest BCUT2D eigenvalue weighted by molar-refractivity contribution is -0.110. The van der Waals surface area contributed by atoms with Crippen LogP contribution in [0.3, 0.4) is 0 Å². The highest BCUT2D eigenvalue weighted by Gasteiger charge is 2.00. The highest BCUT2D eigenvalue weighted by atomic mass is 16.1. The minimum Gasteiger partial charge on any atom is -0.290 e. The number of hydrogen-bond donors (Lipinski definition) is 0. The number of benzene rings is 1. The number of fused-ring (bicyclic) bond motifs is 1. The van der Waals surface area contributed by atoms with Gasteiger partial charge in [0.05, 0.1) is 0 Å². The van der Waals surface area contributed by atoms with Crippen molar-refractivity contribution in [2.24, 2.45) is 0 Å². The van der Waals surface area contributed by atoms with Crippen molar-refractivity contribution < 1.29 is 4.79 Å². The van der Waals surface area contributed by atoms with Crippen LogP contribution < -0.4 is 0 Å². The molecule has 1 aliphatic rings. The van der Waals surface area contributed by atoms with Crippen LogP contribution in [0.25, 0.3) is 6.08 Å². The number of allylic oxidation sites excluding steroid dienone is 5. The highest BCUT2D eigenvalue weighted by Crippen LogP contribution is 2.15. The standard InChI is InChI=1S/C19H22O/c1-16-8-3-2-4-13-19(20)15-14-18-11-6-5-10-17(18)12-7-9-16/h4-6,9-11,13-15H,2-3,7-8,12H2,1H3/b13-4+,15-14+,16-9-. The van der Waals surface area contributed by atoms with E-state index in [0.717, 1.165) is 37.7 Å². The fraction of sp³-hybridized carbons (Fsp3) is 0.316. The number of hydrogen-bond acceptors (Lipinski definition) is 1. The average Bonchev–Trinajstić information content (AvgIpc) is 2.45. The summed E-state index contributed by atoms with van der Waals surface area (Å²) in [6.45, 7) is 2.20. The second-order valence-electron chi connectivity index (χ2n) is 5.32. The smallest absolute Gasteiger partial charge is 0.178 e. The van der Waals surface area contributed by atoms with Gasteiger partial charge in [-0.2, -0.15) is 0 Å². The van der Waals surface area contributed by atoms with Crippen LogP contribution in [0.5, 0.6) is 0 Å². The molecule has 0 N–H and O–H groups in total. The van der Waals surface area contributed by atoms with E-state index in [1.165, 1.54) is 11.1 Å². The molecule has 0 spiro atoms. The molecule has 0 radical (unpaired) electrons. The van der Waals surface area contributed by atoms with E-state index in [-0.39, 0.29) is 5.78 Å². The van der Waals surface area contributed by atoms with Crippen molar-refractivity contribution in [3.63, 3.8) is 0 Å². The van der Waals surface area contributed by atoms with Gasteiger partial charge in [-0.1, -0.05) is 48.1 Å². The maximum absolute atomic E-state index is 11.7. The van der Waals surface area contributed by atoms with E-state index in [1.54, 1.807) is 12.2 Å². The lowest BCUT2D eigenvalue weighted by Crippen LogP contribution is -1.91. The first kappa shape index (κ1) is 14.5. The molecule has 0 heterocycles. The van der Waals surface area contributed by atoms with Crippen LogP contribution >= 0.6 is 0 Å². The molecule has 0 bridgehead atoms. The van der Waals surface area contributed by atoms with Crippen molar-refractivity contribution in [2.75, 3.05) is 0 Å². The Labute approximate surface area is 121 Å². The van der Waals surface area contributed by atoms with Crippen LogP contribution in [0.4, 0.5) is 0 Å². The highest BCUT2D eigenvalue weighted by molar-refractivity contribution is 6.02. The molecule has 1 nitrogen and oxygen atoms in total. The molecule has 20 heavy (non-hydrogen) atoms. The Balaban J connectivity index is 2.23. The van der Waals surface area contributed by atoms with Gasteiger partial charge in [0.25, 0.3) is 0 Å². The molecule has 2 rings (SSSR count). The monoisotopic (exact) mass is 266 g/mol. The predicted molar refractivity (Wildman–Crippen MR) is 85.6 cm³/mol. The molecule has 0 saturated carbocycles. The first-order valence-corrected chi connectivity index (χ1v) is 7.38. The third-order valence-electron chi connectivity index (χ3n) is 3.61. The molecule has 0 aromatic heterocycles. The van der Waals surface area contributed by atoms with Crippen molar-refractivity contribution in [3.05, 3.63) is 65.3 Å². The van der Waals surface area contributed by atoms with Crippen molar-refractivity contribution in [2.45, 2.75) is 39.0 Å². The summed E-state index contributed by atoms with van der Waals surface area (Å²) in [5.74, 6) is 0.0733. The molecule has 104 valence electrons. The quantitative estimate of drug-likeness (QED) is 0.611. The Hall–Kier alpha value is -1.89. The number of aryl methyl sites for hydroxylation is 1. The Kier molecular flexibility index (Phi) is 5.55. The van der Waals surface area contributed by atoms with E-state index in [9.17, 15) is 4.79 Å². The van der Waals surface area contributed by atoms with Gasteiger partial charge in [0, 0.05) is 0 Å². The third kappa shape index (κ3) is 4.65. The van der Waals surface area contributed by atoms with Crippen LogP contribution in [-0.4, -0.2) is 5.78 Å². The largest absolute Gasteiger partial charge is 0.290 e. The van der Waals surface area contributed by atoms with Gasteiger partial charge in [0.1, 0.15) is 0 Å². The summed E-state index contributed by atoms with van der Waals surface area (Å²) in [5, 5.41) is 0. The van der Waals surface area contributed by atoms with Crippen molar-refractivity contribution in [3.8, 4) is 0 Å². The maximum atomic E-state index is 11.7. The molecule has 0 saturated heterocycles. The molecule has 1 aromatic rings. The second-order valence-corrected chi connectivity index (χ2v) is 5.32. The molecule has 1 aromatic carbocycles. The summed E-state index contributed by atoms with van der Waals surface area (Å²) in [6.07, 6.45) is 14.9. The van der Waals surface area contributed by atoms with Crippen molar-refractivity contribution in [1.82, 2.24) is 0 Å². The lowest BCUT2D eigenvalue weighted by Gasteiger charge is -2.05. The molecule has 0 amide bonds. The van der Waals surface area contributed by atoms with Crippen LogP contribution in [0.1, 0.15) is 43.7 Å². The van der Waals surface area contributed by atoms with Gasteiger partial charge in [0.2, 0.25) is 0 Å². The van der Waals surface area contributed by atoms with Crippen LogP contribution in [0.2, 0.25) is 0 Å². The normalized spacial score (nSPS) is 23.1. The van der Waals surface area contributed by atoms with Crippen LogP contribution in [0.15, 0.2) is 54.1 Å². The fourth-order valence-electron chi connectivity index (χ4n) is 2.43. The topological polar surface area (TPSA) is 17.1 Å². The minimum atomic E-state index is 0.0733. The van der Waals surface area contributed by atoms with Crippen LogP contribution in [-0.2, 0) is 11.2 Å². The summed E-state index contributed by atoms with van der Waals surface area (Å²) in [7, 11) is 0. The van der Waals surface area contributed by atoms with E-state index in [4.69, 9.17) is 0 Å². The molecular weight excluding hydrogens is 244 g/mol. The summed E-state index contributed by atoms with van der Waals surface area (Å²) in [4.78, 5) is 11.7. The molecule has 0 fully saturated rings. The van der Waals surface area contributed by atoms with E-state index in [2.05, 4.69) is 31.2 Å². The van der Waals surface area contributed by atoms with Gasteiger partial charge in [-0.25, -0.2) is 0 Å². The first-order valence-electron chi connectivity index (χ1n) is 7.38. The SMILES string of the molecule is C/C1=C/CCc2ccccc2/C=C/C(=O)/C=C/CCC1. The van der Waals surface area contributed by atoms with Crippen molar-refractivity contribution >= 4 is 11.9 Å². The van der Waals surface area contributed by atoms with Gasteiger partial charge in [-0.3, -0.25) is 4.79 Å². The van der Waals surface area contributed by atoms with Gasteiger partial charge >= 0.3 is 0 Å². The Morgan fingerprint density at radius 3 is 2.70 bits per heavy atom. The van der Waals surface area contributed by atoms with E-state index < -0.39 is 0 Å². The minimum absolute atomic E-state index is 0.0733. The maximum Gasteiger partial charge on any atom is 0.178 e. The molecule has 0 unspecified atom stereocenters. The summed E-state index contributed by atoms with van der Waals surface area (Å²) >= 11 is 0. The molecule has 1 heteroatoms. The summed E-state index contributed by atoms with van der Waals surface area (Å²) in [5.41, 5.74) is 3.91. The van der Waals surface area contributed by atoms with Gasteiger partial charge in [-0.05, 0) is 62.3 Å². The zero-order valence-electron chi connectivity index (χ0n) is 12.1. The number of ketones is 1. The Morgan fingerprint density at radius 1 is 0.950 bits per heavy atom. The first-order chi connectivity index (χ1) is 9.75. The Bertz CT molecular complexity index is 547. The summed E-state index contributed by atoms with van der Waals surface area (Å²) in [6, 6.07) is 8.31. The molecule has 1 aliphatic carbocycles. The van der Waals surface area contributed by atoms with Gasteiger partial charge in [-0.15, -0.1) is 0 Å².